The van der Waals surface area contributed by atoms with Crippen molar-refractivity contribution in [3.8, 4) is 23.0 Å². The Kier molecular flexibility index (Phi) is 7.99. The minimum atomic E-state index is -0.757. The van der Waals surface area contributed by atoms with Crippen molar-refractivity contribution in [1.82, 2.24) is 5.32 Å². The van der Waals surface area contributed by atoms with E-state index in [-0.39, 0.29) is 12.3 Å². The normalized spacial score (nSPS) is 11.2. The number of carbonyl (C=O) groups is 2. The van der Waals surface area contributed by atoms with Gasteiger partial charge >= 0.3 is 6.03 Å². The average Bonchev–Trinajstić information content (AvgIpc) is 2.80. The highest BCUT2D eigenvalue weighted by molar-refractivity contribution is 6.32. The molecule has 0 fully saturated rings. The van der Waals surface area contributed by atoms with E-state index >= 15 is 0 Å². The summed E-state index contributed by atoms with van der Waals surface area (Å²) in [5, 5.41) is 5.72. The van der Waals surface area contributed by atoms with Gasteiger partial charge in [0.15, 0.2) is 0 Å². The van der Waals surface area contributed by atoms with Crippen LogP contribution in [0.2, 0.25) is 5.02 Å². The van der Waals surface area contributed by atoms with Crippen molar-refractivity contribution >= 4 is 29.2 Å². The number of halogens is 1. The lowest BCUT2D eigenvalue weighted by Gasteiger charge is -2.19. The number of urea groups is 1. The number of ether oxygens (including phenoxy) is 3. The third-order valence-electron chi connectivity index (χ3n) is 4.69. The van der Waals surface area contributed by atoms with Crippen LogP contribution in [0.4, 0.5) is 10.5 Å². The van der Waals surface area contributed by atoms with Gasteiger partial charge in [0.25, 0.3) is 0 Å². The number of nitrogens with two attached hydrogens (primary N) is 1. The van der Waals surface area contributed by atoms with E-state index in [2.05, 4.69) is 10.6 Å². The summed E-state index contributed by atoms with van der Waals surface area (Å²) in [6.07, 6.45) is -0.0914. The first-order valence-electron chi connectivity index (χ1n) is 9.99. The molecule has 0 heterocycles. The number of hydrogen-bond acceptors (Lipinski definition) is 5. The molecule has 3 amide bonds. The molecule has 0 aliphatic rings. The number of hydrogen-bond donors (Lipinski definition) is 3. The summed E-state index contributed by atoms with van der Waals surface area (Å²) < 4.78 is 16.4. The van der Waals surface area contributed by atoms with Gasteiger partial charge in [-0.25, -0.2) is 4.79 Å². The van der Waals surface area contributed by atoms with Gasteiger partial charge < -0.3 is 30.6 Å². The van der Waals surface area contributed by atoms with Crippen LogP contribution in [0, 0.1) is 0 Å². The second-order valence-electron chi connectivity index (χ2n) is 6.99. The van der Waals surface area contributed by atoms with Crippen molar-refractivity contribution in [3.63, 3.8) is 0 Å². The van der Waals surface area contributed by atoms with Crippen LogP contribution in [-0.4, -0.2) is 26.2 Å². The Morgan fingerprint density at radius 2 is 1.64 bits per heavy atom. The first-order chi connectivity index (χ1) is 15.9. The van der Waals surface area contributed by atoms with Gasteiger partial charge in [0.2, 0.25) is 5.91 Å². The molecule has 0 aliphatic heterocycles. The first-order valence-corrected chi connectivity index (χ1v) is 10.4. The number of para-hydroxylation sites is 1. The summed E-state index contributed by atoms with van der Waals surface area (Å²) in [6, 6.07) is 18.0. The van der Waals surface area contributed by atoms with Gasteiger partial charge in [0.05, 0.1) is 37.4 Å². The van der Waals surface area contributed by atoms with Crippen molar-refractivity contribution in [3.05, 3.63) is 77.3 Å². The van der Waals surface area contributed by atoms with Crippen molar-refractivity contribution in [2.45, 2.75) is 12.5 Å². The lowest BCUT2D eigenvalue weighted by atomic mass is 10.0. The first kappa shape index (κ1) is 23.7. The SMILES string of the molecule is COc1cc(NC(=O)C[C@@H](NC(N)=O)c2cccc(Oc3ccccc3)c2)c(OC)cc1Cl. The van der Waals surface area contributed by atoms with E-state index in [0.717, 1.165) is 0 Å². The lowest BCUT2D eigenvalue weighted by molar-refractivity contribution is -0.116. The van der Waals surface area contributed by atoms with Gasteiger partial charge in [0, 0.05) is 12.1 Å². The Labute approximate surface area is 196 Å². The highest BCUT2D eigenvalue weighted by Crippen LogP contribution is 2.36. The Balaban J connectivity index is 1.79. The Morgan fingerprint density at radius 1 is 0.939 bits per heavy atom. The quantitative estimate of drug-likeness (QED) is 0.413. The van der Waals surface area contributed by atoms with Gasteiger partial charge in [-0.3, -0.25) is 4.79 Å². The molecule has 4 N–H and O–H groups in total. The van der Waals surface area contributed by atoms with Gasteiger partial charge in [-0.2, -0.15) is 0 Å². The van der Waals surface area contributed by atoms with E-state index < -0.39 is 12.1 Å². The topological polar surface area (TPSA) is 112 Å². The second-order valence-corrected chi connectivity index (χ2v) is 7.40. The number of nitrogens with one attached hydrogen (secondary N) is 2. The summed E-state index contributed by atoms with van der Waals surface area (Å²) in [6.45, 7) is 0. The maximum atomic E-state index is 12.8. The zero-order valence-corrected chi connectivity index (χ0v) is 18.9. The smallest absolute Gasteiger partial charge is 0.312 e. The van der Waals surface area contributed by atoms with E-state index in [9.17, 15) is 9.59 Å². The zero-order chi connectivity index (χ0) is 23.8. The van der Waals surface area contributed by atoms with Crippen LogP contribution >= 0.6 is 11.6 Å². The van der Waals surface area contributed by atoms with Gasteiger partial charge in [0.1, 0.15) is 23.0 Å². The van der Waals surface area contributed by atoms with Crippen LogP contribution < -0.4 is 30.6 Å². The van der Waals surface area contributed by atoms with Crippen LogP contribution in [0.15, 0.2) is 66.7 Å². The molecule has 8 nitrogen and oxygen atoms in total. The zero-order valence-electron chi connectivity index (χ0n) is 18.1. The average molecular weight is 470 g/mol. The monoisotopic (exact) mass is 469 g/mol. The molecule has 0 bridgehead atoms. The lowest BCUT2D eigenvalue weighted by Crippen LogP contribution is -2.35. The highest BCUT2D eigenvalue weighted by atomic mass is 35.5. The summed E-state index contributed by atoms with van der Waals surface area (Å²) >= 11 is 6.12. The third kappa shape index (κ3) is 6.54. The molecular formula is C24H24ClN3O5. The molecule has 1 atom stereocenters. The van der Waals surface area contributed by atoms with E-state index in [4.69, 9.17) is 31.5 Å². The molecule has 0 spiro atoms. The van der Waals surface area contributed by atoms with Crippen LogP contribution in [-0.2, 0) is 4.79 Å². The van der Waals surface area contributed by atoms with E-state index in [1.165, 1.54) is 14.2 Å². The molecule has 0 radical (unpaired) electrons. The molecule has 3 aromatic rings. The summed E-state index contributed by atoms with van der Waals surface area (Å²) in [5.74, 6) is 1.58. The fraction of sp³-hybridized carbons (Fsp3) is 0.167. The number of amides is 3. The second kappa shape index (κ2) is 11.1. The Hall–Kier alpha value is -3.91. The molecule has 3 rings (SSSR count). The van der Waals surface area contributed by atoms with Crippen molar-refractivity contribution in [1.29, 1.82) is 0 Å². The van der Waals surface area contributed by atoms with Crippen molar-refractivity contribution in [2.24, 2.45) is 5.73 Å². The molecule has 0 saturated heterocycles. The predicted molar refractivity (Wildman–Crippen MR) is 126 cm³/mol. The maximum Gasteiger partial charge on any atom is 0.312 e. The van der Waals surface area contributed by atoms with Crippen LogP contribution in [0.25, 0.3) is 0 Å². The Bertz CT molecular complexity index is 1120. The predicted octanol–water partition coefficient (Wildman–Crippen LogP) is 4.89. The summed E-state index contributed by atoms with van der Waals surface area (Å²) in [5.41, 5.74) is 6.39. The molecular weight excluding hydrogens is 446 g/mol. The molecule has 0 unspecified atom stereocenters. The molecule has 172 valence electrons. The number of benzene rings is 3. The fourth-order valence-corrected chi connectivity index (χ4v) is 3.42. The Morgan fingerprint density at radius 3 is 2.30 bits per heavy atom. The molecule has 0 aromatic heterocycles. The number of methoxy groups -OCH3 is 2. The highest BCUT2D eigenvalue weighted by Gasteiger charge is 2.20. The summed E-state index contributed by atoms with van der Waals surface area (Å²) in [7, 11) is 2.93. The molecule has 0 saturated carbocycles. The van der Waals surface area contributed by atoms with Crippen LogP contribution in [0.1, 0.15) is 18.0 Å². The maximum absolute atomic E-state index is 12.8. The fourth-order valence-electron chi connectivity index (χ4n) is 3.19. The van der Waals surface area contributed by atoms with Crippen molar-refractivity contribution < 1.29 is 23.8 Å². The minimum Gasteiger partial charge on any atom is -0.495 e. The van der Waals surface area contributed by atoms with Crippen molar-refractivity contribution in [2.75, 3.05) is 19.5 Å². The minimum absolute atomic E-state index is 0.0914. The molecule has 0 aliphatic carbocycles. The molecule has 9 heteroatoms. The number of anilines is 1. The van der Waals surface area contributed by atoms with E-state index in [0.29, 0.717) is 39.3 Å². The molecule has 33 heavy (non-hydrogen) atoms. The largest absolute Gasteiger partial charge is 0.495 e. The van der Waals surface area contributed by atoms with Gasteiger partial charge in [-0.1, -0.05) is 41.9 Å². The van der Waals surface area contributed by atoms with Gasteiger partial charge in [-0.05, 0) is 29.8 Å². The number of primary amides is 1. The van der Waals surface area contributed by atoms with Gasteiger partial charge in [-0.15, -0.1) is 0 Å². The van der Waals surface area contributed by atoms with Crippen LogP contribution in [0.5, 0.6) is 23.0 Å². The van der Waals surface area contributed by atoms with Crippen LogP contribution in [0.3, 0.4) is 0 Å². The standard InChI is InChI=1S/C24H24ClN3O5/c1-31-21-13-20(22(32-2)12-18(21)25)27-23(29)14-19(28-24(26)30)15-7-6-10-17(11-15)33-16-8-4-3-5-9-16/h3-13,19H,14H2,1-2H3,(H,27,29)(H3,26,28,30)/t19-/m1/s1. The summed E-state index contributed by atoms with van der Waals surface area (Å²) in [4.78, 5) is 24.5. The number of carbonyl (C=O) groups excluding carboxylic acids is 2. The van der Waals surface area contributed by atoms with E-state index in [1.54, 1.807) is 36.4 Å². The molecule has 3 aromatic carbocycles. The number of rotatable bonds is 9. The van der Waals surface area contributed by atoms with E-state index in [1.807, 2.05) is 30.3 Å². The third-order valence-corrected chi connectivity index (χ3v) is 4.99.